The monoisotopic (exact) mass is 268 g/mol. The molecule has 0 radical (unpaired) electrons. The summed E-state index contributed by atoms with van der Waals surface area (Å²) in [6.45, 7) is 5.90. The Morgan fingerprint density at radius 3 is 2.40 bits per heavy atom. The van der Waals surface area contributed by atoms with Crippen molar-refractivity contribution in [2.75, 3.05) is 0 Å². The number of benzene rings is 1. The fourth-order valence-corrected chi connectivity index (χ4v) is 1.81. The first-order chi connectivity index (χ1) is 6.91. The molecule has 0 atom stereocenters. The largest absolute Gasteiger partial charge is 0.299 e. The maximum absolute atomic E-state index is 11.7. The Labute approximate surface area is 100 Å². The van der Waals surface area contributed by atoms with E-state index < -0.39 is 0 Å². The van der Waals surface area contributed by atoms with Crippen LogP contribution in [0.25, 0.3) is 0 Å². The Balaban J connectivity index is 2.59. The van der Waals surface area contributed by atoms with Gasteiger partial charge in [-0.3, -0.25) is 4.79 Å². The van der Waals surface area contributed by atoms with Crippen LogP contribution >= 0.6 is 15.9 Å². The van der Waals surface area contributed by atoms with Crippen LogP contribution in [0.4, 0.5) is 0 Å². The van der Waals surface area contributed by atoms with Crippen LogP contribution in [0.5, 0.6) is 0 Å². The number of halogens is 1. The summed E-state index contributed by atoms with van der Waals surface area (Å²) in [6.07, 6.45) is 1.43. The molecule has 1 aromatic rings. The van der Waals surface area contributed by atoms with Crippen LogP contribution in [0.2, 0.25) is 0 Å². The topological polar surface area (TPSA) is 17.1 Å². The lowest BCUT2D eigenvalue weighted by Crippen LogP contribution is -2.20. The second kappa shape index (κ2) is 4.93. The van der Waals surface area contributed by atoms with E-state index in [1.165, 1.54) is 5.56 Å². The van der Waals surface area contributed by atoms with Gasteiger partial charge in [-0.2, -0.15) is 0 Å². The highest BCUT2D eigenvalue weighted by atomic mass is 79.9. The number of Topliss-reactive ketones (excluding diaryl/α,β-unsaturated/α-hetero) is 1. The molecule has 82 valence electrons. The normalized spacial score (nSPS) is 11.5. The van der Waals surface area contributed by atoms with Crippen molar-refractivity contribution in [3.8, 4) is 0 Å². The molecule has 0 aliphatic carbocycles. The minimum absolute atomic E-state index is 0.221. The average molecular weight is 269 g/mol. The summed E-state index contributed by atoms with van der Waals surface area (Å²) in [4.78, 5) is 11.7. The van der Waals surface area contributed by atoms with E-state index in [1.807, 2.05) is 39.0 Å². The van der Waals surface area contributed by atoms with E-state index in [9.17, 15) is 4.79 Å². The van der Waals surface area contributed by atoms with Crippen molar-refractivity contribution in [2.45, 2.75) is 33.6 Å². The molecule has 0 N–H and O–H groups in total. The van der Waals surface area contributed by atoms with Crippen LogP contribution in [0, 0.1) is 5.41 Å². The van der Waals surface area contributed by atoms with Crippen LogP contribution in [0.15, 0.2) is 28.7 Å². The van der Waals surface area contributed by atoms with Gasteiger partial charge in [0.25, 0.3) is 0 Å². The summed E-state index contributed by atoms with van der Waals surface area (Å²) in [7, 11) is 0. The zero-order valence-electron chi connectivity index (χ0n) is 9.51. The molecule has 0 spiro atoms. The van der Waals surface area contributed by atoms with Crippen molar-refractivity contribution in [3.63, 3.8) is 0 Å². The minimum Gasteiger partial charge on any atom is -0.299 e. The molecule has 2 heteroatoms. The van der Waals surface area contributed by atoms with Crippen molar-refractivity contribution in [1.29, 1.82) is 0 Å². The lowest BCUT2D eigenvalue weighted by Gasteiger charge is -2.16. The van der Waals surface area contributed by atoms with Crippen LogP contribution in [0.1, 0.15) is 32.8 Å². The molecular formula is C13H17BrO. The van der Waals surface area contributed by atoms with Gasteiger partial charge in [0.2, 0.25) is 0 Å². The quantitative estimate of drug-likeness (QED) is 0.810. The van der Waals surface area contributed by atoms with Crippen molar-refractivity contribution in [3.05, 3.63) is 34.3 Å². The molecule has 0 aliphatic rings. The Morgan fingerprint density at radius 1 is 1.27 bits per heavy atom. The molecule has 0 saturated heterocycles. The second-order valence-electron chi connectivity index (χ2n) is 4.76. The van der Waals surface area contributed by atoms with Crippen molar-refractivity contribution in [2.24, 2.45) is 5.41 Å². The molecule has 0 heterocycles. The molecule has 0 saturated carbocycles. The maximum atomic E-state index is 11.7. The molecule has 1 rings (SSSR count). The fraction of sp³-hybridized carbons (Fsp3) is 0.462. The molecule has 1 aromatic carbocycles. The van der Waals surface area contributed by atoms with Crippen LogP contribution in [-0.4, -0.2) is 5.78 Å². The Morgan fingerprint density at radius 2 is 1.87 bits per heavy atom. The third-order valence-corrected chi connectivity index (χ3v) is 3.19. The van der Waals surface area contributed by atoms with E-state index in [0.717, 1.165) is 10.9 Å². The second-order valence-corrected chi connectivity index (χ2v) is 5.62. The molecule has 0 aromatic heterocycles. The van der Waals surface area contributed by atoms with E-state index in [0.29, 0.717) is 12.2 Å². The predicted molar refractivity (Wildman–Crippen MR) is 66.9 cm³/mol. The molecule has 0 amide bonds. The smallest absolute Gasteiger partial charge is 0.138 e. The molecule has 15 heavy (non-hydrogen) atoms. The summed E-state index contributed by atoms with van der Waals surface area (Å²) >= 11 is 3.49. The standard InChI is InChI=1S/C13H17BrO/c1-13(2,3)12(15)9-8-10-6-4-5-7-11(10)14/h4-7H,8-9H2,1-3H3. The third-order valence-electron chi connectivity index (χ3n) is 2.42. The number of carbonyl (C=O) groups excluding carboxylic acids is 1. The van der Waals surface area contributed by atoms with Gasteiger partial charge in [-0.1, -0.05) is 54.9 Å². The maximum Gasteiger partial charge on any atom is 0.138 e. The van der Waals surface area contributed by atoms with E-state index >= 15 is 0 Å². The molecule has 0 aliphatic heterocycles. The molecule has 0 bridgehead atoms. The first-order valence-electron chi connectivity index (χ1n) is 5.18. The van der Waals surface area contributed by atoms with Gasteiger partial charge in [0, 0.05) is 16.3 Å². The zero-order chi connectivity index (χ0) is 11.5. The van der Waals surface area contributed by atoms with Gasteiger partial charge >= 0.3 is 0 Å². The molecule has 0 fully saturated rings. The lowest BCUT2D eigenvalue weighted by atomic mass is 9.87. The van der Waals surface area contributed by atoms with Crippen molar-refractivity contribution >= 4 is 21.7 Å². The van der Waals surface area contributed by atoms with Crippen molar-refractivity contribution in [1.82, 2.24) is 0 Å². The number of ketones is 1. The fourth-order valence-electron chi connectivity index (χ4n) is 1.32. The van der Waals surface area contributed by atoms with Gasteiger partial charge in [0.15, 0.2) is 0 Å². The molecule has 0 unspecified atom stereocenters. The van der Waals surface area contributed by atoms with Gasteiger partial charge in [-0.05, 0) is 18.1 Å². The molecule has 1 nitrogen and oxygen atoms in total. The van der Waals surface area contributed by atoms with Crippen LogP contribution < -0.4 is 0 Å². The predicted octanol–water partition coefficient (Wildman–Crippen LogP) is 4.00. The average Bonchev–Trinajstić information content (AvgIpc) is 2.14. The summed E-state index contributed by atoms with van der Waals surface area (Å²) in [6, 6.07) is 8.05. The summed E-state index contributed by atoms with van der Waals surface area (Å²) < 4.78 is 1.09. The third kappa shape index (κ3) is 3.78. The van der Waals surface area contributed by atoms with Crippen LogP contribution in [-0.2, 0) is 11.2 Å². The number of rotatable bonds is 3. The van der Waals surface area contributed by atoms with E-state index in [-0.39, 0.29) is 5.41 Å². The summed E-state index contributed by atoms with van der Waals surface area (Å²) in [5.41, 5.74) is 0.983. The molecular weight excluding hydrogens is 252 g/mol. The highest BCUT2D eigenvalue weighted by molar-refractivity contribution is 9.10. The van der Waals surface area contributed by atoms with Crippen LogP contribution in [0.3, 0.4) is 0 Å². The Kier molecular flexibility index (Phi) is 4.09. The van der Waals surface area contributed by atoms with Gasteiger partial charge in [0.05, 0.1) is 0 Å². The number of hydrogen-bond acceptors (Lipinski definition) is 1. The van der Waals surface area contributed by atoms with E-state index in [1.54, 1.807) is 0 Å². The van der Waals surface area contributed by atoms with Gasteiger partial charge in [0.1, 0.15) is 5.78 Å². The highest BCUT2D eigenvalue weighted by Crippen LogP contribution is 2.21. The van der Waals surface area contributed by atoms with E-state index in [2.05, 4.69) is 22.0 Å². The minimum atomic E-state index is -0.221. The number of carbonyl (C=O) groups is 1. The lowest BCUT2D eigenvalue weighted by molar-refractivity contribution is -0.126. The number of hydrogen-bond donors (Lipinski definition) is 0. The van der Waals surface area contributed by atoms with Gasteiger partial charge in [-0.15, -0.1) is 0 Å². The number of aryl methyl sites for hydroxylation is 1. The van der Waals surface area contributed by atoms with E-state index in [4.69, 9.17) is 0 Å². The Bertz CT molecular complexity index is 350. The van der Waals surface area contributed by atoms with Gasteiger partial charge in [-0.25, -0.2) is 0 Å². The SMILES string of the molecule is CC(C)(C)C(=O)CCc1ccccc1Br. The first-order valence-corrected chi connectivity index (χ1v) is 5.97. The van der Waals surface area contributed by atoms with Crippen molar-refractivity contribution < 1.29 is 4.79 Å². The highest BCUT2D eigenvalue weighted by Gasteiger charge is 2.20. The Hall–Kier alpha value is -0.630. The summed E-state index contributed by atoms with van der Waals surface area (Å²) in [5.74, 6) is 0.318. The van der Waals surface area contributed by atoms with Gasteiger partial charge < -0.3 is 0 Å². The first kappa shape index (κ1) is 12.4. The zero-order valence-corrected chi connectivity index (χ0v) is 11.1. The summed E-state index contributed by atoms with van der Waals surface area (Å²) in [5, 5.41) is 0.